The van der Waals surface area contributed by atoms with E-state index in [0.717, 1.165) is 12.3 Å². The van der Waals surface area contributed by atoms with Crippen molar-refractivity contribution < 1.29 is 0 Å². The predicted molar refractivity (Wildman–Crippen MR) is 96.2 cm³/mol. The van der Waals surface area contributed by atoms with Crippen molar-refractivity contribution in [1.82, 2.24) is 0 Å². The Balaban J connectivity index is -0.000000245. The number of benzene rings is 1. The maximum Gasteiger partial charge on any atom is -0.0136 e. The maximum atomic E-state index is 4.61. The molecular weight excluding hydrogens is 242 g/mol. The first-order valence-corrected chi connectivity index (χ1v) is 7.81. The average molecular weight is 280 g/mol. The molecule has 0 saturated carbocycles. The second-order valence-corrected chi connectivity index (χ2v) is 4.81. The van der Waals surface area contributed by atoms with Gasteiger partial charge in [0.05, 0.1) is 0 Å². The van der Waals surface area contributed by atoms with E-state index in [2.05, 4.69) is 72.1 Å². The molecule has 0 saturated heterocycles. The van der Waals surface area contributed by atoms with Crippen molar-refractivity contribution in [2.45, 2.75) is 68.2 Å². The van der Waals surface area contributed by atoms with E-state index in [9.17, 15) is 0 Å². The Bertz CT molecular complexity index is 314. The summed E-state index contributed by atoms with van der Waals surface area (Å²) in [7, 11) is 0. The van der Waals surface area contributed by atoms with Crippen molar-refractivity contribution in [3.8, 4) is 0 Å². The van der Waals surface area contributed by atoms with Crippen LogP contribution in [-0.4, -0.2) is 0 Å². The minimum atomic E-state index is 0.884. The second-order valence-electron chi connectivity index (χ2n) is 4.81. The topological polar surface area (TPSA) is 26.0 Å². The molecule has 0 bridgehead atoms. The highest BCUT2D eigenvalue weighted by molar-refractivity contribution is 5.29. The fourth-order valence-electron chi connectivity index (χ4n) is 1.02. The first kappa shape index (κ1) is 23.8. The molecule has 0 amide bonds. The van der Waals surface area contributed by atoms with Gasteiger partial charge in [0.1, 0.15) is 0 Å². The van der Waals surface area contributed by atoms with Gasteiger partial charge in [-0.2, -0.15) is 0 Å². The first-order valence-electron chi connectivity index (χ1n) is 7.81. The van der Waals surface area contributed by atoms with Gasteiger partial charge in [0.25, 0.3) is 0 Å². The van der Waals surface area contributed by atoms with Crippen LogP contribution in [0.5, 0.6) is 0 Å². The van der Waals surface area contributed by atoms with E-state index in [4.69, 9.17) is 0 Å². The Morgan fingerprint density at radius 2 is 1.50 bits per heavy atom. The highest BCUT2D eigenvalue weighted by Crippen LogP contribution is 2.09. The predicted octanol–water partition coefficient (Wildman–Crippen LogP) is 6.03. The SMILES string of the molecule is C=CN.CC.CCC(C)C.CCc1ccc(C)c(C)c1. The highest BCUT2D eigenvalue weighted by atomic mass is 14.5. The minimum Gasteiger partial charge on any atom is -0.405 e. The third kappa shape index (κ3) is 16.8. The zero-order chi connectivity index (χ0) is 16.6. The van der Waals surface area contributed by atoms with E-state index in [-0.39, 0.29) is 0 Å². The van der Waals surface area contributed by atoms with Gasteiger partial charge >= 0.3 is 0 Å². The van der Waals surface area contributed by atoms with Gasteiger partial charge < -0.3 is 5.73 Å². The molecule has 1 rings (SSSR count). The van der Waals surface area contributed by atoms with Crippen LogP contribution in [0.3, 0.4) is 0 Å². The quantitative estimate of drug-likeness (QED) is 0.702. The summed E-state index contributed by atoms with van der Waals surface area (Å²) in [6, 6.07) is 6.64. The summed E-state index contributed by atoms with van der Waals surface area (Å²) in [5, 5.41) is 0. The van der Waals surface area contributed by atoms with Crippen LogP contribution in [0, 0.1) is 19.8 Å². The van der Waals surface area contributed by atoms with Crippen LogP contribution < -0.4 is 5.73 Å². The Morgan fingerprint density at radius 3 is 1.75 bits per heavy atom. The fourth-order valence-corrected chi connectivity index (χ4v) is 1.02. The number of hydrogen-bond acceptors (Lipinski definition) is 1. The molecule has 0 aliphatic carbocycles. The molecule has 2 N–H and O–H groups in total. The van der Waals surface area contributed by atoms with Crippen molar-refractivity contribution >= 4 is 0 Å². The number of nitrogens with two attached hydrogens (primary N) is 1. The van der Waals surface area contributed by atoms with Crippen LogP contribution in [0.15, 0.2) is 31.0 Å². The molecule has 0 aromatic heterocycles. The van der Waals surface area contributed by atoms with Gasteiger partial charge in [-0.05, 0) is 49.1 Å². The summed E-state index contributed by atoms with van der Waals surface area (Å²) in [6.45, 7) is 20.3. The second kappa shape index (κ2) is 17.8. The van der Waals surface area contributed by atoms with E-state index in [1.807, 2.05) is 13.8 Å². The third-order valence-corrected chi connectivity index (χ3v) is 2.80. The fraction of sp³-hybridized carbons (Fsp3) is 0.579. The average Bonchev–Trinajstić information content (AvgIpc) is 2.45. The van der Waals surface area contributed by atoms with Crippen LogP contribution in [-0.2, 0) is 6.42 Å². The highest BCUT2D eigenvalue weighted by Gasteiger charge is 1.92. The molecule has 0 heterocycles. The van der Waals surface area contributed by atoms with E-state index < -0.39 is 0 Å². The molecular formula is C19H37N. The molecule has 0 unspecified atom stereocenters. The normalized spacial score (nSPS) is 8.25. The molecule has 0 atom stereocenters. The van der Waals surface area contributed by atoms with Crippen LogP contribution in [0.25, 0.3) is 0 Å². The van der Waals surface area contributed by atoms with Crippen molar-refractivity contribution in [1.29, 1.82) is 0 Å². The molecule has 0 aliphatic heterocycles. The van der Waals surface area contributed by atoms with Crippen LogP contribution in [0.2, 0.25) is 0 Å². The first-order chi connectivity index (χ1) is 9.42. The van der Waals surface area contributed by atoms with E-state index in [1.165, 1.54) is 29.3 Å². The Morgan fingerprint density at radius 1 is 1.10 bits per heavy atom. The monoisotopic (exact) mass is 279 g/mol. The molecule has 20 heavy (non-hydrogen) atoms. The Kier molecular flexibility index (Phi) is 21.2. The zero-order valence-corrected chi connectivity index (χ0v) is 15.1. The standard InChI is InChI=1S/C10H14.C5H12.C2H5N.C2H6/c1-4-10-6-5-8(2)9(3)7-10;1-4-5(2)3;1-2-3;1-2/h5-7H,4H2,1-3H3;5H,4H2,1-3H3;2H,1,3H2;1-2H3. The maximum absolute atomic E-state index is 4.61. The van der Waals surface area contributed by atoms with Gasteiger partial charge in [-0.25, -0.2) is 0 Å². The molecule has 1 aromatic carbocycles. The van der Waals surface area contributed by atoms with Crippen molar-refractivity contribution in [3.05, 3.63) is 47.7 Å². The summed E-state index contributed by atoms with van der Waals surface area (Å²) >= 11 is 0. The van der Waals surface area contributed by atoms with Gasteiger partial charge in [0.15, 0.2) is 0 Å². The van der Waals surface area contributed by atoms with E-state index in [1.54, 1.807) is 0 Å². The van der Waals surface area contributed by atoms with Crippen molar-refractivity contribution in [2.75, 3.05) is 0 Å². The molecule has 118 valence electrons. The smallest absolute Gasteiger partial charge is 0.0136 e. The number of hydrogen-bond donors (Lipinski definition) is 1. The molecule has 1 nitrogen and oxygen atoms in total. The minimum absolute atomic E-state index is 0.884. The van der Waals surface area contributed by atoms with Gasteiger partial charge in [-0.1, -0.05) is 72.7 Å². The van der Waals surface area contributed by atoms with E-state index in [0.29, 0.717) is 0 Å². The molecule has 0 radical (unpaired) electrons. The third-order valence-electron chi connectivity index (χ3n) is 2.80. The summed E-state index contributed by atoms with van der Waals surface area (Å²) in [4.78, 5) is 0. The molecule has 1 aromatic rings. The molecule has 0 aliphatic rings. The lowest BCUT2D eigenvalue weighted by molar-refractivity contribution is 0.626. The van der Waals surface area contributed by atoms with Crippen molar-refractivity contribution in [2.24, 2.45) is 11.7 Å². The summed E-state index contributed by atoms with van der Waals surface area (Å²) in [5.41, 5.74) is 8.83. The summed E-state index contributed by atoms with van der Waals surface area (Å²) in [6.07, 6.45) is 3.70. The molecule has 0 fully saturated rings. The van der Waals surface area contributed by atoms with Gasteiger partial charge in [0, 0.05) is 0 Å². The number of rotatable bonds is 2. The van der Waals surface area contributed by atoms with Gasteiger partial charge in [-0.3, -0.25) is 0 Å². The lowest BCUT2D eigenvalue weighted by atomic mass is 10.1. The largest absolute Gasteiger partial charge is 0.405 e. The van der Waals surface area contributed by atoms with Crippen LogP contribution in [0.1, 0.15) is 64.7 Å². The summed E-state index contributed by atoms with van der Waals surface area (Å²) < 4.78 is 0. The summed E-state index contributed by atoms with van der Waals surface area (Å²) in [5.74, 6) is 0.884. The Labute approximate surface area is 128 Å². The van der Waals surface area contributed by atoms with Crippen LogP contribution >= 0.6 is 0 Å². The van der Waals surface area contributed by atoms with Gasteiger partial charge in [-0.15, -0.1) is 0 Å². The molecule has 1 heteroatoms. The van der Waals surface area contributed by atoms with Crippen LogP contribution in [0.4, 0.5) is 0 Å². The Hall–Kier alpha value is -1.24. The van der Waals surface area contributed by atoms with E-state index >= 15 is 0 Å². The van der Waals surface area contributed by atoms with Gasteiger partial charge in [0.2, 0.25) is 0 Å². The lowest BCUT2D eigenvalue weighted by Gasteiger charge is -2.01. The number of aryl methyl sites for hydroxylation is 3. The molecule has 0 spiro atoms. The lowest BCUT2D eigenvalue weighted by Crippen LogP contribution is -1.84. The van der Waals surface area contributed by atoms with Crippen molar-refractivity contribution in [3.63, 3.8) is 0 Å². The zero-order valence-electron chi connectivity index (χ0n) is 15.1.